The molecule has 3 rings (SSSR count). The highest BCUT2D eigenvalue weighted by atomic mass is 16.5. The van der Waals surface area contributed by atoms with Crippen LogP contribution in [0.1, 0.15) is 36.0 Å². The Hall–Kier alpha value is -2.32. The molecule has 1 aliphatic rings. The van der Waals surface area contributed by atoms with Crippen LogP contribution < -0.4 is 10.3 Å². The summed E-state index contributed by atoms with van der Waals surface area (Å²) in [5.41, 5.74) is 4.13. The van der Waals surface area contributed by atoms with E-state index in [2.05, 4.69) is 16.4 Å². The van der Waals surface area contributed by atoms with E-state index in [9.17, 15) is 5.26 Å². The molecule has 120 valence electrons. The zero-order valence-electron chi connectivity index (χ0n) is 13.4. The summed E-state index contributed by atoms with van der Waals surface area (Å²) < 4.78 is 10.7. The van der Waals surface area contributed by atoms with Gasteiger partial charge in [-0.15, -0.1) is 0 Å². The number of H-pyrrole nitrogens is 1. The van der Waals surface area contributed by atoms with Gasteiger partial charge in [0.15, 0.2) is 11.5 Å². The van der Waals surface area contributed by atoms with Gasteiger partial charge in [-0.2, -0.15) is 5.26 Å². The summed E-state index contributed by atoms with van der Waals surface area (Å²) in [5.74, 6) is 1.61. The number of furan rings is 1. The van der Waals surface area contributed by atoms with E-state index in [-0.39, 0.29) is 0 Å². The molecule has 0 atom stereocenters. The van der Waals surface area contributed by atoms with Crippen molar-refractivity contribution in [2.45, 2.75) is 32.1 Å². The number of fused-ring (bicyclic) bond motifs is 1. The van der Waals surface area contributed by atoms with Crippen molar-refractivity contribution in [2.24, 2.45) is 0 Å². The van der Waals surface area contributed by atoms with E-state index in [4.69, 9.17) is 9.15 Å². The molecule has 0 spiro atoms. The molecule has 2 N–H and O–H groups in total. The van der Waals surface area contributed by atoms with Gasteiger partial charge in [0.2, 0.25) is 0 Å². The Bertz CT molecular complexity index is 702. The van der Waals surface area contributed by atoms with Gasteiger partial charge < -0.3 is 9.15 Å². The fourth-order valence-corrected chi connectivity index (χ4v) is 3.19. The van der Waals surface area contributed by atoms with E-state index in [0.29, 0.717) is 6.61 Å². The summed E-state index contributed by atoms with van der Waals surface area (Å²) in [6.45, 7) is 1.46. The van der Waals surface area contributed by atoms with Crippen LogP contribution in [0.3, 0.4) is 0 Å². The second-order valence-electron chi connectivity index (χ2n) is 5.78. The Kier molecular flexibility index (Phi) is 4.94. The Labute approximate surface area is 136 Å². The molecule has 2 aromatic heterocycles. The fraction of sp³-hybridized carbons (Fsp3) is 0.444. The highest BCUT2D eigenvalue weighted by Gasteiger charge is 2.27. The lowest BCUT2D eigenvalue weighted by Gasteiger charge is -2.19. The number of hydrogen-bond acceptors (Lipinski definition) is 4. The minimum atomic E-state index is 0.699. The molecular weight excluding hydrogens is 290 g/mol. The van der Waals surface area contributed by atoms with Crippen molar-refractivity contribution in [3.63, 3.8) is 0 Å². The largest absolute Gasteiger partial charge is 0.461 e. The van der Waals surface area contributed by atoms with Crippen LogP contribution in [0.25, 0.3) is 11.5 Å². The van der Waals surface area contributed by atoms with E-state index in [1.807, 2.05) is 12.1 Å². The maximum Gasteiger partial charge on any atom is 0.291 e. The molecule has 2 heterocycles. The van der Waals surface area contributed by atoms with E-state index in [0.717, 1.165) is 67.0 Å². The van der Waals surface area contributed by atoms with Gasteiger partial charge in [-0.1, -0.05) is 0 Å². The molecule has 1 aliphatic carbocycles. The summed E-state index contributed by atoms with van der Waals surface area (Å²) >= 11 is 0. The summed E-state index contributed by atoms with van der Waals surface area (Å²) in [6, 6.07) is 6.23. The summed E-state index contributed by atoms with van der Waals surface area (Å²) in [5, 5.41) is 13.0. The first-order chi connectivity index (χ1) is 11.3. The standard InChI is InChI=1S/C18H21N3O2/c1-22-10-5-9-20-18-15(12-19)13-6-2-3-7-14(13)17(21-18)16-8-4-11-23-16/h4,8,11H,2-3,5-7,9-10H2,1H3,(H,20,21)/p+1. The molecule has 0 fully saturated rings. The number of ether oxygens (including phenoxy) is 1. The minimum Gasteiger partial charge on any atom is -0.461 e. The van der Waals surface area contributed by atoms with Crippen molar-refractivity contribution >= 4 is 5.82 Å². The number of hydrogen-bond donors (Lipinski definition) is 1. The molecule has 0 saturated carbocycles. The Morgan fingerprint density at radius 2 is 2.17 bits per heavy atom. The lowest BCUT2D eigenvalue weighted by atomic mass is 9.87. The Balaban J connectivity index is 2.01. The smallest absolute Gasteiger partial charge is 0.291 e. The van der Waals surface area contributed by atoms with Crippen LogP contribution in [0.5, 0.6) is 0 Å². The number of nitrogens with one attached hydrogen (secondary N) is 2. The predicted octanol–water partition coefficient (Wildman–Crippen LogP) is 2.96. The van der Waals surface area contributed by atoms with Crippen molar-refractivity contribution in [1.82, 2.24) is 0 Å². The molecule has 0 amide bonds. The normalized spacial score (nSPS) is 13.4. The first-order valence-electron chi connectivity index (χ1n) is 8.13. The van der Waals surface area contributed by atoms with Crippen LogP contribution in [0.15, 0.2) is 22.8 Å². The van der Waals surface area contributed by atoms with Crippen LogP contribution in [-0.4, -0.2) is 20.3 Å². The molecule has 0 bridgehead atoms. The van der Waals surface area contributed by atoms with Gasteiger partial charge in [0, 0.05) is 25.7 Å². The summed E-state index contributed by atoms with van der Waals surface area (Å²) in [7, 11) is 1.70. The highest BCUT2D eigenvalue weighted by Crippen LogP contribution is 2.33. The number of nitriles is 1. The first kappa shape index (κ1) is 15.6. The fourth-order valence-electron chi connectivity index (χ4n) is 3.19. The molecule has 5 nitrogen and oxygen atoms in total. The van der Waals surface area contributed by atoms with Crippen molar-refractivity contribution in [3.05, 3.63) is 35.1 Å². The summed E-state index contributed by atoms with van der Waals surface area (Å²) in [4.78, 5) is 3.40. The number of rotatable bonds is 6. The third-order valence-electron chi connectivity index (χ3n) is 4.28. The molecule has 5 heteroatoms. The zero-order valence-corrected chi connectivity index (χ0v) is 13.4. The van der Waals surface area contributed by atoms with Gasteiger partial charge in [-0.3, -0.25) is 5.32 Å². The number of aromatic nitrogens is 1. The second kappa shape index (κ2) is 7.30. The molecule has 0 radical (unpaired) electrons. The van der Waals surface area contributed by atoms with Gasteiger partial charge in [-0.05, 0) is 43.4 Å². The van der Waals surface area contributed by atoms with Gasteiger partial charge in [0.1, 0.15) is 11.6 Å². The maximum atomic E-state index is 9.64. The molecule has 0 saturated heterocycles. The van der Waals surface area contributed by atoms with Gasteiger partial charge >= 0.3 is 0 Å². The lowest BCUT2D eigenvalue weighted by molar-refractivity contribution is -0.349. The third-order valence-corrected chi connectivity index (χ3v) is 4.28. The van der Waals surface area contributed by atoms with Crippen molar-refractivity contribution in [2.75, 3.05) is 25.6 Å². The van der Waals surface area contributed by atoms with Gasteiger partial charge in [0.25, 0.3) is 5.82 Å². The highest BCUT2D eigenvalue weighted by molar-refractivity contribution is 5.64. The maximum absolute atomic E-state index is 9.64. The Morgan fingerprint density at radius 1 is 1.35 bits per heavy atom. The predicted molar refractivity (Wildman–Crippen MR) is 87.0 cm³/mol. The van der Waals surface area contributed by atoms with Crippen LogP contribution >= 0.6 is 0 Å². The number of nitrogens with zero attached hydrogens (tertiary/aromatic N) is 1. The van der Waals surface area contributed by atoms with Crippen LogP contribution in [0.2, 0.25) is 0 Å². The van der Waals surface area contributed by atoms with Gasteiger partial charge in [-0.25, -0.2) is 4.98 Å². The quantitative estimate of drug-likeness (QED) is 0.832. The van der Waals surface area contributed by atoms with Crippen LogP contribution in [0, 0.1) is 11.3 Å². The number of anilines is 1. The SMILES string of the molecule is COCCCNc1[nH+]c(-c2ccco2)c2c(c1C#N)CCCC2. The summed E-state index contributed by atoms with van der Waals surface area (Å²) in [6.07, 6.45) is 6.80. The number of aromatic amines is 1. The van der Waals surface area contributed by atoms with Crippen molar-refractivity contribution < 1.29 is 14.1 Å². The monoisotopic (exact) mass is 312 g/mol. The van der Waals surface area contributed by atoms with E-state index in [1.165, 1.54) is 5.56 Å². The van der Waals surface area contributed by atoms with Gasteiger partial charge in [0.05, 0.1) is 12.8 Å². The Morgan fingerprint density at radius 3 is 2.87 bits per heavy atom. The van der Waals surface area contributed by atoms with E-state index < -0.39 is 0 Å². The average Bonchev–Trinajstić information content (AvgIpc) is 3.12. The molecule has 23 heavy (non-hydrogen) atoms. The third kappa shape index (κ3) is 3.22. The van der Waals surface area contributed by atoms with Crippen molar-refractivity contribution in [3.8, 4) is 17.5 Å². The average molecular weight is 312 g/mol. The minimum absolute atomic E-state index is 0.699. The second-order valence-corrected chi connectivity index (χ2v) is 5.78. The van der Waals surface area contributed by atoms with Crippen molar-refractivity contribution in [1.29, 1.82) is 5.26 Å². The van der Waals surface area contributed by atoms with E-state index >= 15 is 0 Å². The molecule has 2 aromatic rings. The topological polar surface area (TPSA) is 72.3 Å². The lowest BCUT2D eigenvalue weighted by Crippen LogP contribution is -2.24. The van der Waals surface area contributed by atoms with Crippen LogP contribution in [-0.2, 0) is 17.6 Å². The molecule has 0 unspecified atom stereocenters. The molecule has 0 aliphatic heterocycles. The zero-order chi connectivity index (χ0) is 16.1. The number of methoxy groups -OCH3 is 1. The number of pyridine rings is 1. The van der Waals surface area contributed by atoms with E-state index in [1.54, 1.807) is 13.4 Å². The molecular formula is C18H22N3O2+. The van der Waals surface area contributed by atoms with Crippen LogP contribution in [0.4, 0.5) is 5.82 Å². The first-order valence-corrected chi connectivity index (χ1v) is 8.13. The molecule has 0 aromatic carbocycles.